The van der Waals surface area contributed by atoms with Gasteiger partial charge in [-0.25, -0.2) is 0 Å². The number of fused-ring (bicyclic) bond motifs is 1. The zero-order valence-corrected chi connectivity index (χ0v) is 30.2. The Balaban J connectivity index is 1.52. The molecule has 41 heavy (non-hydrogen) atoms. The standard InChI is InChI=1S/C37H63BrOS2/c1-3-5-7-9-11-13-15-17-19-21-23-25-27-29-32-31-40-37-34(38)36(41-35(32)37)33(39)30-28-26-24-22-20-18-16-14-12-10-8-6-4-2/h31H,3-30H2,1-2H3. The summed E-state index contributed by atoms with van der Waals surface area (Å²) in [7, 11) is 0. The molecule has 2 aromatic rings. The van der Waals surface area contributed by atoms with Crippen molar-refractivity contribution in [2.24, 2.45) is 0 Å². The van der Waals surface area contributed by atoms with E-state index in [0.717, 1.165) is 22.2 Å². The Morgan fingerprint density at radius 2 is 0.951 bits per heavy atom. The lowest BCUT2D eigenvalue weighted by atomic mass is 10.0. The zero-order chi connectivity index (χ0) is 29.4. The highest BCUT2D eigenvalue weighted by molar-refractivity contribution is 9.10. The molecule has 0 saturated carbocycles. The maximum absolute atomic E-state index is 13.0. The molecule has 2 heterocycles. The maximum Gasteiger partial charge on any atom is 0.174 e. The Hall–Kier alpha value is -0.190. The predicted octanol–water partition coefficient (Wildman–Crippen LogP) is 15.0. The number of Topliss-reactive ketones (excluding diaryl/α,β-unsaturated/α-hetero) is 1. The van der Waals surface area contributed by atoms with Crippen molar-refractivity contribution in [3.05, 3.63) is 20.3 Å². The number of hydrogen-bond donors (Lipinski definition) is 0. The van der Waals surface area contributed by atoms with Gasteiger partial charge in [0.1, 0.15) is 0 Å². The van der Waals surface area contributed by atoms with Crippen LogP contribution >= 0.6 is 38.6 Å². The first-order valence-electron chi connectivity index (χ1n) is 17.9. The summed E-state index contributed by atoms with van der Waals surface area (Å²) in [5.74, 6) is 0.347. The first-order chi connectivity index (χ1) is 20.2. The summed E-state index contributed by atoms with van der Waals surface area (Å²) in [4.78, 5) is 14.0. The second-order valence-electron chi connectivity index (χ2n) is 12.6. The summed E-state index contributed by atoms with van der Waals surface area (Å²) in [6, 6.07) is 0. The lowest BCUT2D eigenvalue weighted by Crippen LogP contribution is -1.96. The fourth-order valence-electron chi connectivity index (χ4n) is 6.00. The van der Waals surface area contributed by atoms with Gasteiger partial charge in [0.05, 0.1) is 18.7 Å². The average Bonchev–Trinajstić information content (AvgIpc) is 3.53. The highest BCUT2D eigenvalue weighted by Gasteiger charge is 2.19. The van der Waals surface area contributed by atoms with Crippen molar-refractivity contribution in [2.45, 2.75) is 194 Å². The fraction of sp³-hybridized carbons (Fsp3) is 0.811. The Labute approximate surface area is 271 Å². The van der Waals surface area contributed by atoms with Gasteiger partial charge in [0.2, 0.25) is 0 Å². The van der Waals surface area contributed by atoms with Gasteiger partial charge in [-0.2, -0.15) is 0 Å². The number of ketones is 1. The molecule has 1 nitrogen and oxygen atoms in total. The van der Waals surface area contributed by atoms with Crippen LogP contribution in [0.15, 0.2) is 9.85 Å². The summed E-state index contributed by atoms with van der Waals surface area (Å²) in [6.45, 7) is 4.58. The molecule has 0 aliphatic heterocycles. The van der Waals surface area contributed by atoms with Crippen LogP contribution in [-0.2, 0) is 6.42 Å². The van der Waals surface area contributed by atoms with Gasteiger partial charge in [0, 0.05) is 6.42 Å². The molecule has 0 unspecified atom stereocenters. The molecule has 2 rings (SSSR count). The molecule has 0 amide bonds. The third-order valence-electron chi connectivity index (χ3n) is 8.73. The van der Waals surface area contributed by atoms with Gasteiger partial charge in [-0.3, -0.25) is 4.79 Å². The van der Waals surface area contributed by atoms with Crippen molar-refractivity contribution in [3.63, 3.8) is 0 Å². The second-order valence-corrected chi connectivity index (χ2v) is 15.3. The molecule has 0 radical (unpaired) electrons. The van der Waals surface area contributed by atoms with E-state index in [2.05, 4.69) is 35.2 Å². The molecule has 0 atom stereocenters. The minimum absolute atomic E-state index is 0.347. The normalized spacial score (nSPS) is 11.7. The van der Waals surface area contributed by atoms with Crippen LogP contribution in [0.25, 0.3) is 9.40 Å². The molecule has 0 aliphatic carbocycles. The summed E-state index contributed by atoms with van der Waals surface area (Å²) in [5, 5.41) is 2.34. The van der Waals surface area contributed by atoms with E-state index >= 15 is 0 Å². The van der Waals surface area contributed by atoms with E-state index in [-0.39, 0.29) is 0 Å². The van der Waals surface area contributed by atoms with Crippen molar-refractivity contribution in [1.29, 1.82) is 0 Å². The van der Waals surface area contributed by atoms with Crippen LogP contribution < -0.4 is 0 Å². The first kappa shape index (κ1) is 37.0. The van der Waals surface area contributed by atoms with Crippen molar-refractivity contribution in [3.8, 4) is 0 Å². The van der Waals surface area contributed by atoms with Crippen LogP contribution in [0.2, 0.25) is 0 Å². The summed E-state index contributed by atoms with van der Waals surface area (Å²) in [6.07, 6.45) is 37.6. The summed E-state index contributed by atoms with van der Waals surface area (Å²) in [5.41, 5.74) is 1.47. The number of hydrogen-bond acceptors (Lipinski definition) is 3. The maximum atomic E-state index is 13.0. The molecular weight excluding hydrogens is 604 g/mol. The van der Waals surface area contributed by atoms with E-state index in [4.69, 9.17) is 0 Å². The number of carbonyl (C=O) groups is 1. The van der Waals surface area contributed by atoms with Crippen molar-refractivity contribution >= 4 is 53.8 Å². The van der Waals surface area contributed by atoms with E-state index in [1.54, 1.807) is 11.3 Å². The summed E-state index contributed by atoms with van der Waals surface area (Å²) < 4.78 is 3.74. The Morgan fingerprint density at radius 1 is 0.561 bits per heavy atom. The molecule has 0 saturated heterocycles. The highest BCUT2D eigenvalue weighted by Crippen LogP contribution is 2.42. The third kappa shape index (κ3) is 16.5. The predicted molar refractivity (Wildman–Crippen MR) is 191 cm³/mol. The van der Waals surface area contributed by atoms with E-state index in [1.807, 2.05) is 11.3 Å². The van der Waals surface area contributed by atoms with Crippen LogP contribution in [0.4, 0.5) is 0 Å². The van der Waals surface area contributed by atoms with Gasteiger partial charge in [0.25, 0.3) is 0 Å². The number of unbranched alkanes of at least 4 members (excludes halogenated alkanes) is 24. The van der Waals surface area contributed by atoms with Gasteiger partial charge in [-0.15, -0.1) is 22.7 Å². The fourth-order valence-corrected chi connectivity index (χ4v) is 9.52. The first-order valence-corrected chi connectivity index (χ1v) is 20.4. The van der Waals surface area contributed by atoms with Gasteiger partial charge in [-0.05, 0) is 46.1 Å². The largest absolute Gasteiger partial charge is 0.293 e. The van der Waals surface area contributed by atoms with Crippen LogP contribution in [0, 0.1) is 0 Å². The molecule has 2 aromatic heterocycles. The molecule has 0 spiro atoms. The van der Waals surface area contributed by atoms with Crippen molar-refractivity contribution in [2.75, 3.05) is 0 Å². The second kappa shape index (κ2) is 25.2. The van der Waals surface area contributed by atoms with E-state index in [1.165, 1.54) is 175 Å². The van der Waals surface area contributed by atoms with E-state index in [0.29, 0.717) is 12.2 Å². The van der Waals surface area contributed by atoms with Gasteiger partial charge >= 0.3 is 0 Å². The molecule has 0 bridgehead atoms. The number of rotatable bonds is 29. The van der Waals surface area contributed by atoms with Crippen molar-refractivity contribution < 1.29 is 4.79 Å². The molecule has 0 aliphatic rings. The molecule has 0 fully saturated rings. The van der Waals surface area contributed by atoms with E-state index in [9.17, 15) is 4.79 Å². The molecule has 0 N–H and O–H groups in total. The summed E-state index contributed by atoms with van der Waals surface area (Å²) >= 11 is 7.36. The Kier molecular flexibility index (Phi) is 22.7. The zero-order valence-electron chi connectivity index (χ0n) is 27.0. The number of halogens is 1. The van der Waals surface area contributed by atoms with Crippen LogP contribution in [0.1, 0.15) is 202 Å². The Bertz CT molecular complexity index is 898. The van der Waals surface area contributed by atoms with Crippen LogP contribution in [0.3, 0.4) is 0 Å². The molecule has 4 heteroatoms. The number of carbonyl (C=O) groups excluding carboxylic acids is 1. The lowest BCUT2D eigenvalue weighted by Gasteiger charge is -2.03. The minimum Gasteiger partial charge on any atom is -0.293 e. The smallest absolute Gasteiger partial charge is 0.174 e. The minimum atomic E-state index is 0.347. The lowest BCUT2D eigenvalue weighted by molar-refractivity contribution is 0.0982. The van der Waals surface area contributed by atoms with Gasteiger partial charge in [0.15, 0.2) is 5.78 Å². The molecule has 0 aromatic carbocycles. The molecular formula is C37H63BrOS2. The third-order valence-corrected chi connectivity index (χ3v) is 12.5. The monoisotopic (exact) mass is 666 g/mol. The number of aryl methyl sites for hydroxylation is 1. The van der Waals surface area contributed by atoms with Crippen LogP contribution in [0.5, 0.6) is 0 Å². The van der Waals surface area contributed by atoms with Gasteiger partial charge in [-0.1, -0.05) is 168 Å². The average molecular weight is 668 g/mol. The molecule has 236 valence electrons. The quantitative estimate of drug-likeness (QED) is 0.0623. The van der Waals surface area contributed by atoms with Gasteiger partial charge < -0.3 is 0 Å². The highest BCUT2D eigenvalue weighted by atomic mass is 79.9. The van der Waals surface area contributed by atoms with Crippen LogP contribution in [-0.4, -0.2) is 5.78 Å². The Morgan fingerprint density at radius 3 is 1.39 bits per heavy atom. The number of thiophene rings is 2. The SMILES string of the molecule is CCCCCCCCCCCCCCCC(=O)c1sc2c(CCCCCCCCCCCCCCC)csc2c1Br. The van der Waals surface area contributed by atoms with Crippen molar-refractivity contribution in [1.82, 2.24) is 0 Å². The van der Waals surface area contributed by atoms with E-state index < -0.39 is 0 Å². The topological polar surface area (TPSA) is 17.1 Å².